The largest absolute Gasteiger partial charge is 0.393 e. The Morgan fingerprint density at radius 1 is 1.07 bits per heavy atom. The van der Waals surface area contributed by atoms with Crippen LogP contribution in [0, 0.1) is 0 Å². The normalized spacial score (nSPS) is 14.4. The van der Waals surface area contributed by atoms with Gasteiger partial charge in [-0.1, -0.05) is 40.0 Å². The number of aliphatic hydroxyl groups is 1. The van der Waals surface area contributed by atoms with Gasteiger partial charge in [-0.3, -0.25) is 0 Å². The fraction of sp³-hybridized carbons (Fsp3) is 1.00. The summed E-state index contributed by atoms with van der Waals surface area (Å²) in [5.74, 6) is 1.28. The third-order valence-electron chi connectivity index (χ3n) is 2.05. The van der Waals surface area contributed by atoms with Crippen molar-refractivity contribution in [1.29, 1.82) is 0 Å². The van der Waals surface area contributed by atoms with Crippen LogP contribution in [0.3, 0.4) is 0 Å². The molecule has 0 bridgehead atoms. The van der Waals surface area contributed by atoms with Crippen LogP contribution in [-0.4, -0.2) is 21.7 Å². The molecule has 0 aliphatic heterocycles. The maximum atomic E-state index is 9.06. The SMILES string of the molecule is CC(O)CCCCCCSC(C)(C)C. The first-order valence-corrected chi connectivity index (χ1v) is 6.72. The zero-order chi connectivity index (χ0) is 11.0. The van der Waals surface area contributed by atoms with Crippen LogP contribution in [0.15, 0.2) is 0 Å². The molecule has 86 valence electrons. The van der Waals surface area contributed by atoms with Crippen LogP contribution in [0.4, 0.5) is 0 Å². The van der Waals surface area contributed by atoms with E-state index in [1.807, 2.05) is 18.7 Å². The Bertz CT molecular complexity index is 127. The highest BCUT2D eigenvalue weighted by Gasteiger charge is 2.08. The Hall–Kier alpha value is 0.310. The maximum absolute atomic E-state index is 9.06. The highest BCUT2D eigenvalue weighted by molar-refractivity contribution is 8.00. The molecule has 1 nitrogen and oxygen atoms in total. The molecule has 0 rings (SSSR count). The summed E-state index contributed by atoms with van der Waals surface area (Å²) in [5, 5.41) is 9.06. The predicted molar refractivity (Wildman–Crippen MR) is 67.0 cm³/mol. The predicted octanol–water partition coefficient (Wildman–Crippen LogP) is 3.85. The average Bonchev–Trinajstić information content (AvgIpc) is 2.00. The molecule has 1 N–H and O–H groups in total. The van der Waals surface area contributed by atoms with Gasteiger partial charge in [0.1, 0.15) is 0 Å². The number of rotatable bonds is 7. The monoisotopic (exact) mass is 218 g/mol. The van der Waals surface area contributed by atoms with Crippen LogP contribution in [0.5, 0.6) is 0 Å². The molecule has 14 heavy (non-hydrogen) atoms. The number of hydrogen-bond acceptors (Lipinski definition) is 2. The summed E-state index contributed by atoms with van der Waals surface area (Å²) in [4.78, 5) is 0. The van der Waals surface area contributed by atoms with E-state index < -0.39 is 0 Å². The summed E-state index contributed by atoms with van der Waals surface area (Å²) in [6.07, 6.45) is 5.94. The second kappa shape index (κ2) is 7.58. The molecule has 0 amide bonds. The maximum Gasteiger partial charge on any atom is 0.0512 e. The molecule has 0 heterocycles. The second-order valence-electron chi connectivity index (χ2n) is 5.01. The van der Waals surface area contributed by atoms with Gasteiger partial charge in [-0.15, -0.1) is 0 Å². The molecule has 0 spiro atoms. The molecule has 0 aliphatic rings. The van der Waals surface area contributed by atoms with Crippen molar-refractivity contribution in [2.75, 3.05) is 5.75 Å². The van der Waals surface area contributed by atoms with E-state index in [9.17, 15) is 0 Å². The number of aliphatic hydroxyl groups excluding tert-OH is 1. The highest BCUT2D eigenvalue weighted by atomic mass is 32.2. The summed E-state index contributed by atoms with van der Waals surface area (Å²) >= 11 is 2.05. The van der Waals surface area contributed by atoms with Crippen molar-refractivity contribution in [1.82, 2.24) is 0 Å². The lowest BCUT2D eigenvalue weighted by Gasteiger charge is -2.17. The Labute approximate surface area is 93.7 Å². The lowest BCUT2D eigenvalue weighted by Crippen LogP contribution is -2.08. The molecule has 0 fully saturated rings. The fourth-order valence-corrected chi connectivity index (χ4v) is 2.23. The molecule has 0 aromatic carbocycles. The minimum absolute atomic E-state index is 0.112. The first-order chi connectivity index (χ1) is 6.42. The van der Waals surface area contributed by atoms with Crippen LogP contribution < -0.4 is 0 Å². The molecule has 0 aliphatic carbocycles. The molecule has 0 aromatic rings. The molecule has 0 radical (unpaired) electrons. The van der Waals surface area contributed by atoms with Crippen molar-refractivity contribution in [3.63, 3.8) is 0 Å². The summed E-state index contributed by atoms with van der Waals surface area (Å²) in [6.45, 7) is 8.68. The summed E-state index contributed by atoms with van der Waals surface area (Å²) in [5.41, 5.74) is 0. The lowest BCUT2D eigenvalue weighted by molar-refractivity contribution is 0.180. The van der Waals surface area contributed by atoms with Gasteiger partial charge in [0.25, 0.3) is 0 Å². The van der Waals surface area contributed by atoms with E-state index in [4.69, 9.17) is 5.11 Å². The number of thioether (sulfide) groups is 1. The molecular weight excluding hydrogens is 192 g/mol. The fourth-order valence-electron chi connectivity index (χ4n) is 1.27. The molecular formula is C12H26OS. The lowest BCUT2D eigenvalue weighted by atomic mass is 10.1. The van der Waals surface area contributed by atoms with Gasteiger partial charge < -0.3 is 5.11 Å². The Morgan fingerprint density at radius 2 is 1.64 bits per heavy atom. The van der Waals surface area contributed by atoms with Gasteiger partial charge in [0, 0.05) is 4.75 Å². The standard InChI is InChI=1S/C12H26OS/c1-11(13)9-7-5-6-8-10-14-12(2,3)4/h11,13H,5-10H2,1-4H3. The minimum Gasteiger partial charge on any atom is -0.393 e. The molecule has 1 unspecified atom stereocenters. The van der Waals surface area contributed by atoms with Gasteiger partial charge >= 0.3 is 0 Å². The molecule has 2 heteroatoms. The summed E-state index contributed by atoms with van der Waals surface area (Å²) < 4.78 is 0.416. The Kier molecular flexibility index (Phi) is 7.75. The quantitative estimate of drug-likeness (QED) is 0.655. The first kappa shape index (κ1) is 14.3. The van der Waals surface area contributed by atoms with Gasteiger partial charge in [-0.2, -0.15) is 11.8 Å². The number of unbranched alkanes of at least 4 members (excludes halogenated alkanes) is 3. The molecule has 0 aromatic heterocycles. The van der Waals surface area contributed by atoms with Crippen molar-refractivity contribution in [3.8, 4) is 0 Å². The third-order valence-corrected chi connectivity index (χ3v) is 3.41. The van der Waals surface area contributed by atoms with Gasteiger partial charge in [0.2, 0.25) is 0 Å². The van der Waals surface area contributed by atoms with Crippen molar-refractivity contribution in [2.45, 2.75) is 70.7 Å². The van der Waals surface area contributed by atoms with Crippen molar-refractivity contribution in [3.05, 3.63) is 0 Å². The van der Waals surface area contributed by atoms with Crippen LogP contribution in [-0.2, 0) is 0 Å². The topological polar surface area (TPSA) is 20.2 Å². The summed E-state index contributed by atoms with van der Waals surface area (Å²) in [6, 6.07) is 0. The smallest absolute Gasteiger partial charge is 0.0512 e. The zero-order valence-electron chi connectivity index (χ0n) is 10.2. The van der Waals surface area contributed by atoms with Crippen LogP contribution in [0.1, 0.15) is 59.8 Å². The van der Waals surface area contributed by atoms with Gasteiger partial charge in [-0.25, -0.2) is 0 Å². The van der Waals surface area contributed by atoms with Crippen LogP contribution in [0.25, 0.3) is 0 Å². The number of hydrogen-bond donors (Lipinski definition) is 1. The summed E-state index contributed by atoms with van der Waals surface area (Å²) in [7, 11) is 0. The van der Waals surface area contributed by atoms with Crippen LogP contribution in [0.2, 0.25) is 0 Å². The van der Waals surface area contributed by atoms with E-state index in [1.54, 1.807) is 0 Å². The van der Waals surface area contributed by atoms with Crippen LogP contribution >= 0.6 is 11.8 Å². The van der Waals surface area contributed by atoms with Gasteiger partial charge in [0.05, 0.1) is 6.10 Å². The molecule has 0 saturated heterocycles. The molecule has 1 atom stereocenters. The third kappa shape index (κ3) is 12.3. The van der Waals surface area contributed by atoms with Crippen molar-refractivity contribution < 1.29 is 5.11 Å². The second-order valence-corrected chi connectivity index (χ2v) is 6.93. The van der Waals surface area contributed by atoms with Crippen molar-refractivity contribution >= 4 is 11.8 Å². The minimum atomic E-state index is -0.112. The van der Waals surface area contributed by atoms with Gasteiger partial charge in [-0.05, 0) is 25.5 Å². The van der Waals surface area contributed by atoms with E-state index in [2.05, 4.69) is 20.8 Å². The van der Waals surface area contributed by atoms with E-state index in [0.29, 0.717) is 4.75 Å². The van der Waals surface area contributed by atoms with Crippen molar-refractivity contribution in [2.24, 2.45) is 0 Å². The van der Waals surface area contributed by atoms with Gasteiger partial charge in [0.15, 0.2) is 0 Å². The van der Waals surface area contributed by atoms with E-state index >= 15 is 0 Å². The Balaban J connectivity index is 3.07. The average molecular weight is 218 g/mol. The first-order valence-electron chi connectivity index (χ1n) is 5.74. The zero-order valence-corrected chi connectivity index (χ0v) is 11.0. The highest BCUT2D eigenvalue weighted by Crippen LogP contribution is 2.24. The van der Waals surface area contributed by atoms with E-state index in [1.165, 1.54) is 31.4 Å². The van der Waals surface area contributed by atoms with E-state index in [0.717, 1.165) is 6.42 Å². The Morgan fingerprint density at radius 3 is 2.14 bits per heavy atom. The molecule has 0 saturated carbocycles. The van der Waals surface area contributed by atoms with E-state index in [-0.39, 0.29) is 6.10 Å².